The van der Waals surface area contributed by atoms with Crippen molar-refractivity contribution in [1.29, 1.82) is 0 Å². The summed E-state index contributed by atoms with van der Waals surface area (Å²) < 4.78 is 6.69. The van der Waals surface area contributed by atoms with E-state index < -0.39 is 0 Å². The molecule has 0 unspecified atom stereocenters. The largest absolute Gasteiger partial charge is 0.440 e. The van der Waals surface area contributed by atoms with E-state index >= 15 is 0 Å². The highest BCUT2D eigenvalue weighted by atomic mass is 32.1. The van der Waals surface area contributed by atoms with Gasteiger partial charge in [0, 0.05) is 12.0 Å². The molecule has 1 aromatic heterocycles. The maximum absolute atomic E-state index is 6.09. The van der Waals surface area contributed by atoms with Gasteiger partial charge in [-0.05, 0) is 18.1 Å². The molecule has 0 aliphatic carbocycles. The van der Waals surface area contributed by atoms with E-state index in [4.69, 9.17) is 17.0 Å². The molecule has 2 aromatic carbocycles. The molecule has 1 aliphatic heterocycles. The Labute approximate surface area is 133 Å². The van der Waals surface area contributed by atoms with Gasteiger partial charge in [-0.3, -0.25) is 0 Å². The molecule has 0 amide bonds. The summed E-state index contributed by atoms with van der Waals surface area (Å²) in [5.41, 5.74) is 4.23. The predicted octanol–water partition coefficient (Wildman–Crippen LogP) is 4.81. The van der Waals surface area contributed by atoms with Crippen LogP contribution in [0.3, 0.4) is 0 Å². The summed E-state index contributed by atoms with van der Waals surface area (Å²) >= 11 is 5.48. The van der Waals surface area contributed by atoms with Gasteiger partial charge in [-0.2, -0.15) is 0 Å². The van der Waals surface area contributed by atoms with E-state index in [1.165, 1.54) is 0 Å². The number of aromatic amines is 1. The molecule has 4 rings (SSSR count). The SMILES string of the molecule is Cc1cccc2c1Oc1[nH]c(-c3ccccc3)nc(=S)c1C2. The Kier molecular flexibility index (Phi) is 3.05. The van der Waals surface area contributed by atoms with Crippen molar-refractivity contribution in [2.75, 3.05) is 0 Å². The first-order valence-electron chi connectivity index (χ1n) is 7.17. The second kappa shape index (κ2) is 5.07. The highest BCUT2D eigenvalue weighted by Gasteiger charge is 2.21. The van der Waals surface area contributed by atoms with Gasteiger partial charge in [0.1, 0.15) is 16.2 Å². The average molecular weight is 306 g/mol. The smallest absolute Gasteiger partial charge is 0.205 e. The maximum atomic E-state index is 6.09. The van der Waals surface area contributed by atoms with Gasteiger partial charge < -0.3 is 9.72 Å². The molecule has 108 valence electrons. The first kappa shape index (κ1) is 13.2. The average Bonchev–Trinajstić information content (AvgIpc) is 2.55. The molecule has 1 aliphatic rings. The van der Waals surface area contributed by atoms with Gasteiger partial charge in [-0.25, -0.2) is 4.98 Å². The Bertz CT molecular complexity index is 916. The van der Waals surface area contributed by atoms with E-state index in [0.717, 1.165) is 40.2 Å². The van der Waals surface area contributed by atoms with Crippen LogP contribution < -0.4 is 4.74 Å². The Hall–Kier alpha value is -2.46. The number of ether oxygens (including phenoxy) is 1. The quantitative estimate of drug-likeness (QED) is 0.513. The molecule has 0 saturated heterocycles. The van der Waals surface area contributed by atoms with Crippen molar-refractivity contribution < 1.29 is 4.74 Å². The van der Waals surface area contributed by atoms with Crippen molar-refractivity contribution in [2.24, 2.45) is 0 Å². The summed E-state index contributed by atoms with van der Waals surface area (Å²) in [6, 6.07) is 16.1. The molecule has 22 heavy (non-hydrogen) atoms. The fourth-order valence-electron chi connectivity index (χ4n) is 2.74. The van der Waals surface area contributed by atoms with E-state index in [9.17, 15) is 0 Å². The van der Waals surface area contributed by atoms with Crippen LogP contribution in [0.5, 0.6) is 11.6 Å². The van der Waals surface area contributed by atoms with Crippen LogP contribution in [0.1, 0.15) is 16.7 Å². The summed E-state index contributed by atoms with van der Waals surface area (Å²) in [7, 11) is 0. The Balaban J connectivity index is 1.86. The second-order valence-corrected chi connectivity index (χ2v) is 5.79. The topological polar surface area (TPSA) is 37.9 Å². The van der Waals surface area contributed by atoms with E-state index in [1.54, 1.807) is 0 Å². The molecule has 4 heteroatoms. The highest BCUT2D eigenvalue weighted by Crippen LogP contribution is 2.38. The van der Waals surface area contributed by atoms with Crippen LogP contribution in [0.2, 0.25) is 0 Å². The summed E-state index contributed by atoms with van der Waals surface area (Å²) in [5.74, 6) is 2.37. The van der Waals surface area contributed by atoms with E-state index in [1.807, 2.05) is 36.4 Å². The van der Waals surface area contributed by atoms with Crippen LogP contribution in [0.15, 0.2) is 48.5 Å². The second-order valence-electron chi connectivity index (χ2n) is 5.41. The van der Waals surface area contributed by atoms with Crippen molar-refractivity contribution in [3.8, 4) is 23.0 Å². The molecule has 1 N–H and O–H groups in total. The number of aryl methyl sites for hydroxylation is 1. The first-order valence-corrected chi connectivity index (χ1v) is 7.58. The van der Waals surface area contributed by atoms with E-state index in [-0.39, 0.29) is 0 Å². The third-order valence-electron chi connectivity index (χ3n) is 3.89. The number of fused-ring (bicyclic) bond motifs is 2. The zero-order valence-corrected chi connectivity index (χ0v) is 12.9. The van der Waals surface area contributed by atoms with Crippen LogP contribution in [-0.2, 0) is 6.42 Å². The Morgan fingerprint density at radius 1 is 1.09 bits per heavy atom. The van der Waals surface area contributed by atoms with Gasteiger partial charge in [0.05, 0.1) is 5.56 Å². The van der Waals surface area contributed by atoms with Crippen LogP contribution in [0.25, 0.3) is 11.4 Å². The lowest BCUT2D eigenvalue weighted by Gasteiger charge is -2.21. The summed E-state index contributed by atoms with van der Waals surface area (Å²) in [5, 5.41) is 0. The fraction of sp³-hybridized carbons (Fsp3) is 0.111. The van der Waals surface area contributed by atoms with Gasteiger partial charge in [-0.1, -0.05) is 60.7 Å². The predicted molar refractivity (Wildman–Crippen MR) is 88.9 cm³/mol. The molecule has 0 saturated carbocycles. The lowest BCUT2D eigenvalue weighted by Crippen LogP contribution is -2.08. The number of nitrogens with one attached hydrogen (secondary N) is 1. The highest BCUT2D eigenvalue weighted by molar-refractivity contribution is 7.71. The van der Waals surface area contributed by atoms with Gasteiger partial charge in [0.25, 0.3) is 0 Å². The monoisotopic (exact) mass is 306 g/mol. The fourth-order valence-corrected chi connectivity index (χ4v) is 3.00. The zero-order valence-electron chi connectivity index (χ0n) is 12.1. The number of H-pyrrole nitrogens is 1. The van der Waals surface area contributed by atoms with Gasteiger partial charge in [-0.15, -0.1) is 0 Å². The van der Waals surface area contributed by atoms with Crippen molar-refractivity contribution >= 4 is 12.2 Å². The molecule has 3 nitrogen and oxygen atoms in total. The van der Waals surface area contributed by atoms with Crippen LogP contribution in [0, 0.1) is 11.6 Å². The molecular formula is C18H14N2OS. The molecule has 2 heterocycles. The minimum atomic E-state index is 0.597. The van der Waals surface area contributed by atoms with Crippen molar-refractivity contribution in [3.63, 3.8) is 0 Å². The minimum Gasteiger partial charge on any atom is -0.440 e. The number of aromatic nitrogens is 2. The molecule has 0 fully saturated rings. The lowest BCUT2D eigenvalue weighted by atomic mass is 10.0. The normalized spacial score (nSPS) is 12.2. The van der Waals surface area contributed by atoms with Gasteiger partial charge >= 0.3 is 0 Å². The van der Waals surface area contributed by atoms with Crippen LogP contribution >= 0.6 is 12.2 Å². The van der Waals surface area contributed by atoms with Crippen molar-refractivity contribution in [1.82, 2.24) is 9.97 Å². The van der Waals surface area contributed by atoms with Gasteiger partial charge in [0.2, 0.25) is 5.88 Å². The molecule has 0 radical (unpaired) electrons. The summed E-state index contributed by atoms with van der Waals surface area (Å²) in [6.45, 7) is 2.05. The standard InChI is InChI=1S/C18H14N2OS/c1-11-6-5-9-13-10-14-17(21-15(11)13)19-16(20-18(14)22)12-7-3-2-4-8-12/h2-9H,10H2,1H3,(H,19,20,22). The Morgan fingerprint density at radius 2 is 1.91 bits per heavy atom. The summed E-state index contributed by atoms with van der Waals surface area (Å²) in [4.78, 5) is 7.82. The Morgan fingerprint density at radius 3 is 2.73 bits per heavy atom. The van der Waals surface area contributed by atoms with E-state index in [2.05, 4.69) is 29.0 Å². The van der Waals surface area contributed by atoms with Crippen LogP contribution in [0.4, 0.5) is 0 Å². The minimum absolute atomic E-state index is 0.597. The number of hydrogen-bond donors (Lipinski definition) is 1. The molecular weight excluding hydrogens is 292 g/mol. The third-order valence-corrected chi connectivity index (χ3v) is 4.23. The number of para-hydroxylation sites is 1. The number of benzene rings is 2. The number of nitrogens with zero attached hydrogens (tertiary/aromatic N) is 1. The van der Waals surface area contributed by atoms with Crippen molar-refractivity contribution in [3.05, 3.63) is 69.9 Å². The molecule has 0 spiro atoms. The molecule has 0 bridgehead atoms. The number of hydrogen-bond acceptors (Lipinski definition) is 3. The lowest BCUT2D eigenvalue weighted by molar-refractivity contribution is 0.435. The molecule has 0 atom stereocenters. The van der Waals surface area contributed by atoms with Gasteiger partial charge in [0.15, 0.2) is 0 Å². The maximum Gasteiger partial charge on any atom is 0.205 e. The summed E-state index contributed by atoms with van der Waals surface area (Å²) in [6.07, 6.45) is 0.754. The van der Waals surface area contributed by atoms with Crippen molar-refractivity contribution in [2.45, 2.75) is 13.3 Å². The van der Waals surface area contributed by atoms with Crippen LogP contribution in [-0.4, -0.2) is 9.97 Å². The third kappa shape index (κ3) is 2.12. The zero-order chi connectivity index (χ0) is 15.1. The first-order chi connectivity index (χ1) is 10.7. The number of rotatable bonds is 1. The van der Waals surface area contributed by atoms with E-state index in [0.29, 0.717) is 10.5 Å². The molecule has 3 aromatic rings.